The first-order valence-electron chi connectivity index (χ1n) is 8.23. The van der Waals surface area contributed by atoms with Crippen LogP contribution in [0.4, 0.5) is 0 Å². The Morgan fingerprint density at radius 3 is 2.00 bits per heavy atom. The van der Waals surface area contributed by atoms with Gasteiger partial charge in [0.25, 0.3) is 0 Å². The van der Waals surface area contributed by atoms with Crippen molar-refractivity contribution in [2.24, 2.45) is 5.92 Å². The maximum atomic E-state index is 10.2. The van der Waals surface area contributed by atoms with E-state index in [1.165, 1.54) is 0 Å². The van der Waals surface area contributed by atoms with Crippen LogP contribution >= 0.6 is 0 Å². The van der Waals surface area contributed by atoms with Gasteiger partial charge in [0, 0.05) is 6.42 Å². The van der Waals surface area contributed by atoms with Crippen molar-refractivity contribution >= 4 is 0 Å². The third-order valence-corrected chi connectivity index (χ3v) is 4.39. The summed E-state index contributed by atoms with van der Waals surface area (Å²) in [7, 11) is 0. The highest BCUT2D eigenvalue weighted by atomic mass is 16.5. The largest absolute Gasteiger partial charge is 0.392 e. The predicted octanol–water partition coefficient (Wildman–Crippen LogP) is 3.17. The Balaban J connectivity index is 1.63. The Morgan fingerprint density at radius 1 is 0.917 bits per heavy atom. The van der Waals surface area contributed by atoms with Gasteiger partial charge in [-0.05, 0) is 11.1 Å². The van der Waals surface area contributed by atoms with E-state index in [9.17, 15) is 5.11 Å². The Kier molecular flexibility index (Phi) is 5.66. The molecule has 2 aromatic rings. The summed E-state index contributed by atoms with van der Waals surface area (Å²) in [6.07, 6.45) is 5.02. The van der Waals surface area contributed by atoms with Crippen LogP contribution in [0.5, 0.6) is 0 Å². The second kappa shape index (κ2) is 8.12. The fraction of sp³-hybridized carbons (Fsp3) is 0.333. The third-order valence-electron chi connectivity index (χ3n) is 4.39. The summed E-state index contributed by atoms with van der Waals surface area (Å²) < 4.78 is 12.0. The molecule has 0 radical (unpaired) electrons. The molecule has 1 fully saturated rings. The molecule has 0 aromatic heterocycles. The number of terminal acetylenes is 1. The van der Waals surface area contributed by atoms with Crippen molar-refractivity contribution in [3.63, 3.8) is 0 Å². The fourth-order valence-electron chi connectivity index (χ4n) is 3.09. The van der Waals surface area contributed by atoms with E-state index in [1.54, 1.807) is 0 Å². The zero-order valence-electron chi connectivity index (χ0n) is 13.5. The van der Waals surface area contributed by atoms with E-state index >= 15 is 0 Å². The number of ether oxygens (including phenoxy) is 2. The van der Waals surface area contributed by atoms with Gasteiger partial charge in [-0.1, -0.05) is 66.6 Å². The molecule has 24 heavy (non-hydrogen) atoms. The SMILES string of the molecule is C#C[C@@H]1[C@@H](OCc2ccccc2)[C@H](OCc2ccccc2)C[C@H]1O. The van der Waals surface area contributed by atoms with Crippen LogP contribution in [0.1, 0.15) is 17.5 Å². The number of hydrogen-bond acceptors (Lipinski definition) is 3. The Bertz CT molecular complexity index is 662. The topological polar surface area (TPSA) is 38.7 Å². The Labute approximate surface area is 143 Å². The molecule has 0 spiro atoms. The first kappa shape index (κ1) is 16.7. The number of benzene rings is 2. The zero-order chi connectivity index (χ0) is 16.8. The Morgan fingerprint density at radius 2 is 1.46 bits per heavy atom. The lowest BCUT2D eigenvalue weighted by Gasteiger charge is -2.23. The molecule has 3 nitrogen and oxygen atoms in total. The third kappa shape index (κ3) is 4.04. The average molecular weight is 322 g/mol. The van der Waals surface area contributed by atoms with Crippen LogP contribution in [-0.2, 0) is 22.7 Å². The predicted molar refractivity (Wildman–Crippen MR) is 93.0 cm³/mol. The smallest absolute Gasteiger partial charge is 0.100 e. The fourth-order valence-corrected chi connectivity index (χ4v) is 3.09. The molecule has 0 saturated heterocycles. The minimum atomic E-state index is -0.587. The van der Waals surface area contributed by atoms with Gasteiger partial charge in [0.15, 0.2) is 0 Å². The summed E-state index contributed by atoms with van der Waals surface area (Å²) in [6, 6.07) is 19.9. The van der Waals surface area contributed by atoms with Gasteiger partial charge in [0.1, 0.15) is 6.10 Å². The average Bonchev–Trinajstić information content (AvgIpc) is 2.94. The van der Waals surface area contributed by atoms with Crippen molar-refractivity contribution in [3.8, 4) is 12.3 Å². The summed E-state index contributed by atoms with van der Waals surface area (Å²) in [5, 5.41) is 10.2. The molecule has 1 N–H and O–H groups in total. The molecule has 0 heterocycles. The first-order chi connectivity index (χ1) is 11.8. The van der Waals surface area contributed by atoms with Gasteiger partial charge in [-0.25, -0.2) is 0 Å². The van der Waals surface area contributed by atoms with Crippen LogP contribution in [0.3, 0.4) is 0 Å². The first-order valence-corrected chi connectivity index (χ1v) is 8.23. The number of hydrogen-bond donors (Lipinski definition) is 1. The molecule has 2 aromatic carbocycles. The van der Waals surface area contributed by atoms with Crippen molar-refractivity contribution < 1.29 is 14.6 Å². The molecule has 0 aliphatic heterocycles. The van der Waals surface area contributed by atoms with Crippen LogP contribution in [0.2, 0.25) is 0 Å². The van der Waals surface area contributed by atoms with Crippen molar-refractivity contribution in [3.05, 3.63) is 71.8 Å². The van der Waals surface area contributed by atoms with Crippen LogP contribution in [-0.4, -0.2) is 23.4 Å². The molecule has 3 heteroatoms. The van der Waals surface area contributed by atoms with E-state index in [1.807, 2.05) is 60.7 Å². The Hall–Kier alpha value is -2.12. The highest BCUT2D eigenvalue weighted by Crippen LogP contribution is 2.32. The number of rotatable bonds is 6. The monoisotopic (exact) mass is 322 g/mol. The van der Waals surface area contributed by atoms with Gasteiger partial charge < -0.3 is 14.6 Å². The molecule has 1 aliphatic carbocycles. The van der Waals surface area contributed by atoms with E-state index in [4.69, 9.17) is 15.9 Å². The summed E-state index contributed by atoms with van der Waals surface area (Å²) in [5.41, 5.74) is 2.18. The molecule has 4 atom stereocenters. The molecule has 1 aliphatic rings. The van der Waals surface area contributed by atoms with E-state index < -0.39 is 6.10 Å². The van der Waals surface area contributed by atoms with Crippen molar-refractivity contribution in [2.45, 2.75) is 37.9 Å². The van der Waals surface area contributed by atoms with Gasteiger partial charge in [0.05, 0.1) is 31.3 Å². The van der Waals surface area contributed by atoms with Gasteiger partial charge in [-0.15, -0.1) is 6.42 Å². The molecule has 0 unspecified atom stereocenters. The van der Waals surface area contributed by atoms with E-state index in [0.29, 0.717) is 19.6 Å². The summed E-state index contributed by atoms with van der Waals surface area (Å²) in [5.74, 6) is 2.33. The van der Waals surface area contributed by atoms with Gasteiger partial charge >= 0.3 is 0 Å². The normalized spacial score (nSPS) is 26.2. The van der Waals surface area contributed by atoms with Crippen LogP contribution in [0.15, 0.2) is 60.7 Å². The zero-order valence-corrected chi connectivity index (χ0v) is 13.5. The van der Waals surface area contributed by atoms with E-state index in [-0.39, 0.29) is 18.1 Å². The van der Waals surface area contributed by atoms with Crippen LogP contribution in [0, 0.1) is 18.3 Å². The molecular formula is C21H22O3. The van der Waals surface area contributed by atoms with Crippen molar-refractivity contribution in [2.75, 3.05) is 0 Å². The van der Waals surface area contributed by atoms with Crippen molar-refractivity contribution in [1.82, 2.24) is 0 Å². The standard InChI is InChI=1S/C21H22O3/c1-2-18-19(22)13-20(23-14-16-9-5-3-6-10-16)21(18)24-15-17-11-7-4-8-12-17/h1,3-12,18-22H,13-15H2/t18-,19+,20+,21+/m0/s1. The van der Waals surface area contributed by atoms with Gasteiger partial charge in [0.2, 0.25) is 0 Å². The summed E-state index contributed by atoms with van der Waals surface area (Å²) in [6.45, 7) is 0.947. The van der Waals surface area contributed by atoms with E-state index in [0.717, 1.165) is 11.1 Å². The molecule has 1 saturated carbocycles. The minimum absolute atomic E-state index is 0.204. The molecule has 124 valence electrons. The van der Waals surface area contributed by atoms with Crippen LogP contribution in [0.25, 0.3) is 0 Å². The molecule has 3 rings (SSSR count). The van der Waals surface area contributed by atoms with Crippen LogP contribution < -0.4 is 0 Å². The highest BCUT2D eigenvalue weighted by molar-refractivity contribution is 5.15. The second-order valence-corrected chi connectivity index (χ2v) is 6.09. The number of aliphatic hydroxyl groups excluding tert-OH is 1. The minimum Gasteiger partial charge on any atom is -0.392 e. The molecule has 0 amide bonds. The molecule has 0 bridgehead atoms. The summed E-state index contributed by atoms with van der Waals surface area (Å²) in [4.78, 5) is 0. The lowest BCUT2D eigenvalue weighted by Crippen LogP contribution is -2.31. The molecular weight excluding hydrogens is 300 g/mol. The maximum absolute atomic E-state index is 10.2. The quantitative estimate of drug-likeness (QED) is 0.830. The van der Waals surface area contributed by atoms with E-state index in [2.05, 4.69) is 5.92 Å². The lowest BCUT2D eigenvalue weighted by molar-refractivity contribution is -0.0776. The number of aliphatic hydroxyl groups is 1. The lowest BCUT2D eigenvalue weighted by atomic mass is 10.0. The van der Waals surface area contributed by atoms with Gasteiger partial charge in [-0.3, -0.25) is 0 Å². The maximum Gasteiger partial charge on any atom is 0.100 e. The van der Waals surface area contributed by atoms with Gasteiger partial charge in [-0.2, -0.15) is 0 Å². The summed E-state index contributed by atoms with van der Waals surface area (Å²) >= 11 is 0. The highest BCUT2D eigenvalue weighted by Gasteiger charge is 2.43. The van der Waals surface area contributed by atoms with Crippen molar-refractivity contribution in [1.29, 1.82) is 0 Å². The second-order valence-electron chi connectivity index (χ2n) is 6.09.